The van der Waals surface area contributed by atoms with Gasteiger partial charge in [-0.25, -0.2) is 13.2 Å². The summed E-state index contributed by atoms with van der Waals surface area (Å²) in [6.45, 7) is 0.265. The molecule has 2 aromatic carbocycles. The SMILES string of the molecule is O=C(CCNC(=O)c1ccc(F)cc1F)NCCc1ccccc1F. The normalized spacial score (nSPS) is 10.4. The Morgan fingerprint density at radius 2 is 1.64 bits per heavy atom. The van der Waals surface area contributed by atoms with Crippen molar-refractivity contribution in [2.45, 2.75) is 12.8 Å². The molecule has 2 rings (SSSR count). The molecule has 0 atom stereocenters. The van der Waals surface area contributed by atoms with E-state index in [0.29, 0.717) is 18.1 Å². The minimum absolute atomic E-state index is 0.00117. The summed E-state index contributed by atoms with van der Waals surface area (Å²) in [4.78, 5) is 23.4. The third-order valence-corrected chi connectivity index (χ3v) is 3.49. The molecule has 25 heavy (non-hydrogen) atoms. The van der Waals surface area contributed by atoms with Gasteiger partial charge in [0.05, 0.1) is 5.56 Å². The van der Waals surface area contributed by atoms with Gasteiger partial charge < -0.3 is 10.6 Å². The fourth-order valence-corrected chi connectivity index (χ4v) is 2.18. The van der Waals surface area contributed by atoms with E-state index < -0.39 is 17.5 Å². The molecule has 2 aromatic rings. The van der Waals surface area contributed by atoms with Gasteiger partial charge in [0.2, 0.25) is 5.91 Å². The second-order valence-corrected chi connectivity index (χ2v) is 5.32. The second-order valence-electron chi connectivity index (χ2n) is 5.32. The molecule has 2 N–H and O–H groups in total. The zero-order chi connectivity index (χ0) is 18.2. The van der Waals surface area contributed by atoms with E-state index in [9.17, 15) is 22.8 Å². The summed E-state index contributed by atoms with van der Waals surface area (Å²) in [5.41, 5.74) is 0.212. The van der Waals surface area contributed by atoms with Gasteiger partial charge in [-0.15, -0.1) is 0 Å². The lowest BCUT2D eigenvalue weighted by molar-refractivity contribution is -0.120. The van der Waals surface area contributed by atoms with Crippen LogP contribution in [0, 0.1) is 17.5 Å². The van der Waals surface area contributed by atoms with Crippen molar-refractivity contribution in [3.8, 4) is 0 Å². The molecule has 0 aliphatic carbocycles. The molecule has 0 aliphatic heterocycles. The number of carbonyl (C=O) groups excluding carboxylic acids is 2. The van der Waals surface area contributed by atoms with Crippen LogP contribution in [0.3, 0.4) is 0 Å². The molecule has 0 aromatic heterocycles. The van der Waals surface area contributed by atoms with Gasteiger partial charge in [-0.3, -0.25) is 9.59 Å². The van der Waals surface area contributed by atoms with E-state index in [2.05, 4.69) is 10.6 Å². The molecule has 0 bridgehead atoms. The molecule has 0 saturated carbocycles. The summed E-state index contributed by atoms with van der Waals surface area (Å²) in [5, 5.41) is 5.00. The van der Waals surface area contributed by atoms with Crippen LogP contribution < -0.4 is 10.6 Å². The van der Waals surface area contributed by atoms with Crippen LogP contribution in [0.4, 0.5) is 13.2 Å². The van der Waals surface area contributed by atoms with Gasteiger partial charge in [0.15, 0.2) is 0 Å². The second kappa shape index (κ2) is 8.86. The number of nitrogens with one attached hydrogen (secondary N) is 2. The van der Waals surface area contributed by atoms with Crippen LogP contribution in [0.5, 0.6) is 0 Å². The maximum absolute atomic E-state index is 13.4. The third-order valence-electron chi connectivity index (χ3n) is 3.49. The molecule has 0 spiro atoms. The van der Waals surface area contributed by atoms with E-state index in [1.165, 1.54) is 6.07 Å². The van der Waals surface area contributed by atoms with Crippen LogP contribution >= 0.6 is 0 Å². The van der Waals surface area contributed by atoms with Crippen LogP contribution in [-0.2, 0) is 11.2 Å². The summed E-state index contributed by atoms with van der Waals surface area (Å²) >= 11 is 0. The molecule has 0 fully saturated rings. The Balaban J connectivity index is 1.70. The van der Waals surface area contributed by atoms with Crippen LogP contribution in [0.25, 0.3) is 0 Å². The predicted molar refractivity (Wildman–Crippen MR) is 86.4 cm³/mol. The summed E-state index contributed by atoms with van der Waals surface area (Å²) in [6, 6.07) is 8.92. The zero-order valence-electron chi connectivity index (χ0n) is 13.3. The lowest BCUT2D eigenvalue weighted by atomic mass is 10.1. The first kappa shape index (κ1) is 18.5. The molecular weight excluding hydrogens is 333 g/mol. The summed E-state index contributed by atoms with van der Waals surface area (Å²) < 4.78 is 39.6. The molecule has 0 unspecified atom stereocenters. The van der Waals surface area contributed by atoms with Gasteiger partial charge in [0.1, 0.15) is 17.5 Å². The highest BCUT2D eigenvalue weighted by Gasteiger charge is 2.12. The van der Waals surface area contributed by atoms with Gasteiger partial charge in [-0.1, -0.05) is 18.2 Å². The molecule has 7 heteroatoms. The highest BCUT2D eigenvalue weighted by atomic mass is 19.1. The highest BCUT2D eigenvalue weighted by molar-refractivity contribution is 5.94. The highest BCUT2D eigenvalue weighted by Crippen LogP contribution is 2.09. The summed E-state index contributed by atoms with van der Waals surface area (Å²) in [7, 11) is 0. The maximum Gasteiger partial charge on any atom is 0.254 e. The molecular formula is C18H17F3N2O2. The molecule has 0 aliphatic rings. The molecule has 0 radical (unpaired) electrons. The number of hydrogen-bond acceptors (Lipinski definition) is 2. The number of benzene rings is 2. The van der Waals surface area contributed by atoms with Gasteiger partial charge in [-0.05, 0) is 30.2 Å². The number of carbonyl (C=O) groups is 2. The third kappa shape index (κ3) is 5.63. The first-order chi connectivity index (χ1) is 12.0. The predicted octanol–water partition coefficient (Wildman–Crippen LogP) is 2.58. The van der Waals surface area contributed by atoms with E-state index in [4.69, 9.17) is 0 Å². The van der Waals surface area contributed by atoms with Crippen molar-refractivity contribution in [2.24, 2.45) is 0 Å². The molecule has 132 valence electrons. The van der Waals surface area contributed by atoms with Crippen LogP contribution in [0.1, 0.15) is 22.3 Å². The smallest absolute Gasteiger partial charge is 0.254 e. The lowest BCUT2D eigenvalue weighted by Gasteiger charge is -2.08. The van der Waals surface area contributed by atoms with E-state index >= 15 is 0 Å². The standard InChI is InChI=1S/C18H17F3N2O2/c19-13-5-6-14(16(21)11-13)18(25)23-10-8-17(24)22-9-7-12-3-1-2-4-15(12)20/h1-6,11H,7-10H2,(H,22,24)(H,23,25). The van der Waals surface area contributed by atoms with E-state index in [1.807, 2.05) is 0 Å². The summed E-state index contributed by atoms with van der Waals surface area (Å²) in [6.07, 6.45) is 0.345. The van der Waals surface area contributed by atoms with Gasteiger partial charge in [-0.2, -0.15) is 0 Å². The number of amides is 2. The van der Waals surface area contributed by atoms with Gasteiger partial charge in [0, 0.05) is 25.6 Å². The van der Waals surface area contributed by atoms with E-state index in [0.717, 1.165) is 12.1 Å². The lowest BCUT2D eigenvalue weighted by Crippen LogP contribution is -2.32. The van der Waals surface area contributed by atoms with Crippen molar-refractivity contribution < 1.29 is 22.8 Å². The quantitative estimate of drug-likeness (QED) is 0.806. The van der Waals surface area contributed by atoms with E-state index in [1.54, 1.807) is 18.2 Å². The van der Waals surface area contributed by atoms with Crippen molar-refractivity contribution in [1.82, 2.24) is 10.6 Å². The topological polar surface area (TPSA) is 58.2 Å². The Morgan fingerprint density at radius 3 is 2.36 bits per heavy atom. The molecule has 4 nitrogen and oxygen atoms in total. The largest absolute Gasteiger partial charge is 0.356 e. The van der Waals surface area contributed by atoms with Crippen LogP contribution in [0.2, 0.25) is 0 Å². The number of halogens is 3. The van der Waals surface area contributed by atoms with Crippen molar-refractivity contribution >= 4 is 11.8 Å². The zero-order valence-corrected chi connectivity index (χ0v) is 13.3. The van der Waals surface area contributed by atoms with Gasteiger partial charge >= 0.3 is 0 Å². The average molecular weight is 350 g/mol. The van der Waals surface area contributed by atoms with Crippen molar-refractivity contribution in [1.29, 1.82) is 0 Å². The number of rotatable bonds is 7. The summed E-state index contributed by atoms with van der Waals surface area (Å²) in [5.74, 6) is -3.12. The molecule has 0 heterocycles. The average Bonchev–Trinajstić information content (AvgIpc) is 2.56. The van der Waals surface area contributed by atoms with Crippen molar-refractivity contribution in [2.75, 3.05) is 13.1 Å². The van der Waals surface area contributed by atoms with Crippen LogP contribution in [-0.4, -0.2) is 24.9 Å². The van der Waals surface area contributed by atoms with Crippen LogP contribution in [0.15, 0.2) is 42.5 Å². The molecule has 2 amide bonds. The Labute approximate surface area is 143 Å². The Bertz CT molecular complexity index is 766. The fourth-order valence-electron chi connectivity index (χ4n) is 2.18. The number of hydrogen-bond donors (Lipinski definition) is 2. The Hall–Kier alpha value is -2.83. The first-order valence-corrected chi connectivity index (χ1v) is 7.70. The van der Waals surface area contributed by atoms with Crippen molar-refractivity contribution in [3.63, 3.8) is 0 Å². The minimum atomic E-state index is -0.966. The first-order valence-electron chi connectivity index (χ1n) is 7.70. The monoisotopic (exact) mass is 350 g/mol. The van der Waals surface area contributed by atoms with E-state index in [-0.39, 0.29) is 36.8 Å². The Morgan fingerprint density at radius 1 is 0.880 bits per heavy atom. The van der Waals surface area contributed by atoms with Crippen molar-refractivity contribution in [3.05, 3.63) is 71.0 Å². The Kier molecular flexibility index (Phi) is 6.56. The molecule has 0 saturated heterocycles. The maximum atomic E-state index is 13.4. The fraction of sp³-hybridized carbons (Fsp3) is 0.222. The van der Waals surface area contributed by atoms with Gasteiger partial charge in [0.25, 0.3) is 5.91 Å². The minimum Gasteiger partial charge on any atom is -0.356 e.